The molecule has 1 aliphatic heterocycles. The Morgan fingerprint density at radius 2 is 2.11 bits per heavy atom. The second-order valence-corrected chi connectivity index (χ2v) is 5.94. The molecule has 2 N–H and O–H groups in total. The lowest BCUT2D eigenvalue weighted by atomic mass is 10.2. The molecule has 0 aromatic carbocycles. The van der Waals surface area contributed by atoms with E-state index in [1.807, 2.05) is 20.8 Å². The molecular formula is C13H24N2O4. The number of nitrogens with one attached hydrogen (secondary N) is 1. The third kappa shape index (κ3) is 5.06. The fourth-order valence-electron chi connectivity index (χ4n) is 2.01. The van der Waals surface area contributed by atoms with E-state index in [9.17, 15) is 9.59 Å². The Morgan fingerprint density at radius 3 is 2.63 bits per heavy atom. The fourth-order valence-corrected chi connectivity index (χ4v) is 2.01. The second kappa shape index (κ2) is 6.23. The van der Waals surface area contributed by atoms with Crippen molar-refractivity contribution in [1.29, 1.82) is 0 Å². The van der Waals surface area contributed by atoms with Gasteiger partial charge in [-0.05, 0) is 40.5 Å². The molecule has 1 amide bonds. The van der Waals surface area contributed by atoms with Crippen LogP contribution >= 0.6 is 0 Å². The number of hydrogen-bond donors (Lipinski definition) is 2. The normalized spacial score (nSPS) is 21.3. The van der Waals surface area contributed by atoms with E-state index in [1.54, 1.807) is 11.8 Å². The number of carbonyl (C=O) groups is 2. The first kappa shape index (κ1) is 15.8. The van der Waals surface area contributed by atoms with Crippen LogP contribution in [-0.2, 0) is 9.53 Å². The topological polar surface area (TPSA) is 78.9 Å². The molecule has 1 saturated heterocycles. The van der Waals surface area contributed by atoms with E-state index in [4.69, 9.17) is 9.84 Å². The third-order valence-electron chi connectivity index (χ3n) is 3.04. The van der Waals surface area contributed by atoms with Gasteiger partial charge < -0.3 is 20.1 Å². The SMILES string of the molecule is CC(NCC1CCCN1C(=O)OC(C)(C)C)C(=O)O. The maximum atomic E-state index is 12.0. The lowest BCUT2D eigenvalue weighted by Crippen LogP contribution is -2.46. The van der Waals surface area contributed by atoms with E-state index in [0.29, 0.717) is 13.1 Å². The summed E-state index contributed by atoms with van der Waals surface area (Å²) in [5.74, 6) is -0.887. The molecule has 6 nitrogen and oxygen atoms in total. The summed E-state index contributed by atoms with van der Waals surface area (Å²) in [4.78, 5) is 24.4. The Balaban J connectivity index is 2.50. The van der Waals surface area contributed by atoms with Crippen molar-refractivity contribution in [3.05, 3.63) is 0 Å². The van der Waals surface area contributed by atoms with Gasteiger partial charge in [-0.1, -0.05) is 0 Å². The molecule has 19 heavy (non-hydrogen) atoms. The zero-order valence-corrected chi connectivity index (χ0v) is 12.1. The summed E-state index contributed by atoms with van der Waals surface area (Å²) in [6.07, 6.45) is 1.48. The predicted molar refractivity (Wildman–Crippen MR) is 71.1 cm³/mol. The molecule has 0 spiro atoms. The summed E-state index contributed by atoms with van der Waals surface area (Å²) >= 11 is 0. The molecule has 110 valence electrons. The van der Waals surface area contributed by atoms with Crippen LogP contribution in [0.15, 0.2) is 0 Å². The van der Waals surface area contributed by atoms with E-state index in [-0.39, 0.29) is 12.1 Å². The lowest BCUT2D eigenvalue weighted by molar-refractivity contribution is -0.139. The summed E-state index contributed by atoms with van der Waals surface area (Å²) in [7, 11) is 0. The number of carbonyl (C=O) groups excluding carboxylic acids is 1. The third-order valence-corrected chi connectivity index (χ3v) is 3.04. The van der Waals surface area contributed by atoms with Crippen LogP contribution in [0.5, 0.6) is 0 Å². The van der Waals surface area contributed by atoms with Crippen LogP contribution in [0.1, 0.15) is 40.5 Å². The van der Waals surface area contributed by atoms with Crippen molar-refractivity contribution in [2.24, 2.45) is 0 Å². The van der Waals surface area contributed by atoms with Crippen molar-refractivity contribution in [2.75, 3.05) is 13.1 Å². The van der Waals surface area contributed by atoms with Gasteiger partial charge in [-0.2, -0.15) is 0 Å². The highest BCUT2D eigenvalue weighted by atomic mass is 16.6. The first-order valence-corrected chi connectivity index (χ1v) is 6.66. The van der Waals surface area contributed by atoms with E-state index in [2.05, 4.69) is 5.32 Å². The molecule has 0 aromatic rings. The Kier molecular flexibility index (Phi) is 5.17. The van der Waals surface area contributed by atoms with Crippen molar-refractivity contribution < 1.29 is 19.4 Å². The van der Waals surface area contributed by atoms with Crippen LogP contribution in [0.4, 0.5) is 4.79 Å². The second-order valence-electron chi connectivity index (χ2n) is 5.94. The monoisotopic (exact) mass is 272 g/mol. The average Bonchev–Trinajstić information content (AvgIpc) is 2.71. The van der Waals surface area contributed by atoms with Gasteiger partial charge in [-0.15, -0.1) is 0 Å². The highest BCUT2D eigenvalue weighted by molar-refractivity contribution is 5.73. The quantitative estimate of drug-likeness (QED) is 0.809. The highest BCUT2D eigenvalue weighted by Crippen LogP contribution is 2.20. The molecule has 0 bridgehead atoms. The lowest BCUT2D eigenvalue weighted by Gasteiger charge is -2.29. The summed E-state index contributed by atoms with van der Waals surface area (Å²) in [5, 5.41) is 11.7. The summed E-state index contributed by atoms with van der Waals surface area (Å²) in [5.41, 5.74) is -0.508. The van der Waals surface area contributed by atoms with Crippen molar-refractivity contribution in [1.82, 2.24) is 10.2 Å². The summed E-state index contributed by atoms with van der Waals surface area (Å²) in [6, 6.07) is -0.599. The number of nitrogens with zero attached hydrogens (tertiary/aromatic N) is 1. The molecule has 6 heteroatoms. The van der Waals surface area contributed by atoms with Gasteiger partial charge in [0.05, 0.1) is 0 Å². The largest absolute Gasteiger partial charge is 0.480 e. The molecule has 2 unspecified atom stereocenters. The number of ether oxygens (including phenoxy) is 1. The van der Waals surface area contributed by atoms with Gasteiger partial charge >= 0.3 is 12.1 Å². The number of likely N-dealkylation sites (tertiary alicyclic amines) is 1. The van der Waals surface area contributed by atoms with E-state index in [1.165, 1.54) is 0 Å². The smallest absolute Gasteiger partial charge is 0.410 e. The minimum absolute atomic E-state index is 0.0108. The first-order valence-electron chi connectivity index (χ1n) is 6.66. The zero-order chi connectivity index (χ0) is 14.6. The summed E-state index contributed by atoms with van der Waals surface area (Å²) in [6.45, 7) is 8.24. The van der Waals surface area contributed by atoms with Gasteiger partial charge in [0.2, 0.25) is 0 Å². The van der Waals surface area contributed by atoms with Gasteiger partial charge in [-0.3, -0.25) is 4.79 Å². The minimum Gasteiger partial charge on any atom is -0.480 e. The standard InChI is InChI=1S/C13H24N2O4/c1-9(11(16)17)14-8-10-6-5-7-15(10)12(18)19-13(2,3)4/h9-10,14H,5-8H2,1-4H3,(H,16,17). The Hall–Kier alpha value is -1.30. The van der Waals surface area contributed by atoms with Crippen LogP contribution in [0, 0.1) is 0 Å². The number of amides is 1. The van der Waals surface area contributed by atoms with Crippen molar-refractivity contribution >= 4 is 12.1 Å². The molecule has 1 aliphatic rings. The maximum Gasteiger partial charge on any atom is 0.410 e. The molecule has 0 radical (unpaired) electrons. The van der Waals surface area contributed by atoms with Crippen molar-refractivity contribution in [3.63, 3.8) is 0 Å². The number of aliphatic carboxylic acids is 1. The molecule has 0 saturated carbocycles. The first-order chi connectivity index (χ1) is 8.70. The van der Waals surface area contributed by atoms with E-state index >= 15 is 0 Å². The summed E-state index contributed by atoms with van der Waals surface area (Å²) < 4.78 is 5.35. The van der Waals surface area contributed by atoms with E-state index in [0.717, 1.165) is 12.8 Å². The fraction of sp³-hybridized carbons (Fsp3) is 0.846. The van der Waals surface area contributed by atoms with Crippen LogP contribution in [0.2, 0.25) is 0 Å². The number of rotatable bonds is 4. The van der Waals surface area contributed by atoms with Crippen LogP contribution in [0.3, 0.4) is 0 Å². The molecule has 1 heterocycles. The molecule has 1 rings (SSSR count). The average molecular weight is 272 g/mol. The number of carboxylic acid groups (broad SMARTS) is 1. The van der Waals surface area contributed by atoms with Gasteiger partial charge in [0.25, 0.3) is 0 Å². The van der Waals surface area contributed by atoms with Gasteiger partial charge in [0.15, 0.2) is 0 Å². The molecule has 1 fully saturated rings. The van der Waals surface area contributed by atoms with Crippen molar-refractivity contribution in [3.8, 4) is 0 Å². The highest BCUT2D eigenvalue weighted by Gasteiger charge is 2.32. The molecule has 0 aliphatic carbocycles. The van der Waals surface area contributed by atoms with Gasteiger partial charge in [0, 0.05) is 19.1 Å². The molecule has 2 atom stereocenters. The van der Waals surface area contributed by atoms with Crippen LogP contribution in [-0.4, -0.2) is 52.8 Å². The number of hydrogen-bond acceptors (Lipinski definition) is 4. The molecular weight excluding hydrogens is 248 g/mol. The van der Waals surface area contributed by atoms with Gasteiger partial charge in [-0.25, -0.2) is 4.79 Å². The Morgan fingerprint density at radius 1 is 1.47 bits per heavy atom. The van der Waals surface area contributed by atoms with Crippen LogP contribution < -0.4 is 5.32 Å². The van der Waals surface area contributed by atoms with Crippen molar-refractivity contribution in [2.45, 2.75) is 58.2 Å². The molecule has 0 aromatic heterocycles. The Labute approximate surface area is 114 Å². The number of carboxylic acids is 1. The van der Waals surface area contributed by atoms with Crippen LogP contribution in [0.25, 0.3) is 0 Å². The van der Waals surface area contributed by atoms with E-state index < -0.39 is 17.6 Å². The Bertz CT molecular complexity index is 338. The maximum absolute atomic E-state index is 12.0. The van der Waals surface area contributed by atoms with Gasteiger partial charge in [0.1, 0.15) is 11.6 Å². The predicted octanol–water partition coefficient (Wildman–Crippen LogP) is 1.45. The zero-order valence-electron chi connectivity index (χ0n) is 12.1. The minimum atomic E-state index is -0.887.